The van der Waals surface area contributed by atoms with Crippen LogP contribution in [0.3, 0.4) is 0 Å². The first kappa shape index (κ1) is 11.8. The second kappa shape index (κ2) is 5.11. The Morgan fingerprint density at radius 2 is 2.35 bits per heavy atom. The maximum Gasteiger partial charge on any atom is 0.191 e. The van der Waals surface area contributed by atoms with E-state index < -0.39 is 0 Å². The van der Waals surface area contributed by atoms with E-state index in [2.05, 4.69) is 9.98 Å². The largest absolute Gasteiger partial charge is 0.495 e. The third-order valence-electron chi connectivity index (χ3n) is 2.35. The average molecular weight is 251 g/mol. The van der Waals surface area contributed by atoms with Crippen molar-refractivity contribution in [3.63, 3.8) is 0 Å². The summed E-state index contributed by atoms with van der Waals surface area (Å²) in [6.45, 7) is 0.0125. The summed E-state index contributed by atoms with van der Waals surface area (Å²) in [4.78, 5) is 9.35. The fraction of sp³-hybridized carbons (Fsp3) is 0.273. The van der Waals surface area contributed by atoms with Crippen LogP contribution in [0.15, 0.2) is 28.7 Å². The van der Waals surface area contributed by atoms with Gasteiger partial charge in [0.15, 0.2) is 10.6 Å². The van der Waals surface area contributed by atoms with Gasteiger partial charge in [0.2, 0.25) is 0 Å². The predicted molar refractivity (Wildman–Crippen MR) is 65.2 cm³/mol. The van der Waals surface area contributed by atoms with Gasteiger partial charge in [-0.3, -0.25) is 0 Å². The second-order valence-electron chi connectivity index (χ2n) is 3.39. The fourth-order valence-electron chi connectivity index (χ4n) is 1.30. The zero-order chi connectivity index (χ0) is 12.3. The van der Waals surface area contributed by atoms with Crippen molar-refractivity contribution in [2.45, 2.75) is 6.61 Å². The first-order chi connectivity index (χ1) is 8.24. The molecule has 0 amide bonds. The molecule has 5 nitrogen and oxygen atoms in total. The van der Waals surface area contributed by atoms with E-state index in [1.165, 1.54) is 11.3 Å². The van der Waals surface area contributed by atoms with Crippen LogP contribution in [0.5, 0.6) is 5.75 Å². The van der Waals surface area contributed by atoms with Crippen LogP contribution in [-0.2, 0) is 13.7 Å². The van der Waals surface area contributed by atoms with Crippen LogP contribution in [0.1, 0.15) is 5.69 Å². The van der Waals surface area contributed by atoms with Gasteiger partial charge in [0.1, 0.15) is 5.75 Å². The van der Waals surface area contributed by atoms with Gasteiger partial charge >= 0.3 is 0 Å². The first-order valence-electron chi connectivity index (χ1n) is 5.03. The Hall–Kier alpha value is -1.66. The van der Waals surface area contributed by atoms with Crippen LogP contribution in [0.2, 0.25) is 0 Å². The van der Waals surface area contributed by atoms with Crippen molar-refractivity contribution in [2.75, 3.05) is 7.11 Å². The van der Waals surface area contributed by atoms with Gasteiger partial charge < -0.3 is 14.4 Å². The molecule has 1 N–H and O–H groups in total. The van der Waals surface area contributed by atoms with Gasteiger partial charge in [0, 0.05) is 12.4 Å². The minimum Gasteiger partial charge on any atom is -0.495 e. The lowest BCUT2D eigenvalue weighted by Gasteiger charge is -1.99. The molecule has 0 atom stereocenters. The monoisotopic (exact) mass is 251 g/mol. The summed E-state index contributed by atoms with van der Waals surface area (Å²) in [5.74, 6) is 1.32. The van der Waals surface area contributed by atoms with E-state index in [4.69, 9.17) is 9.84 Å². The van der Waals surface area contributed by atoms with Crippen molar-refractivity contribution in [3.8, 4) is 5.75 Å². The molecule has 6 heteroatoms. The molecule has 0 aromatic carbocycles. The molecule has 2 aromatic heterocycles. The molecule has 0 fully saturated rings. The summed E-state index contributed by atoms with van der Waals surface area (Å²) in [6.07, 6.45) is 1.62. The lowest BCUT2D eigenvalue weighted by Crippen LogP contribution is -2.12. The van der Waals surface area contributed by atoms with Crippen LogP contribution < -0.4 is 9.54 Å². The normalized spacial score (nSPS) is 11.8. The fourth-order valence-corrected chi connectivity index (χ4v) is 2.20. The SMILES string of the molecule is COc1ccc(N=c2scc(CO)n2C)nc1. The number of methoxy groups -OCH3 is 1. The smallest absolute Gasteiger partial charge is 0.191 e. The molecule has 2 aromatic rings. The van der Waals surface area contributed by atoms with Crippen molar-refractivity contribution >= 4 is 17.2 Å². The van der Waals surface area contributed by atoms with E-state index in [1.54, 1.807) is 19.4 Å². The number of hydrogen-bond donors (Lipinski definition) is 1. The minimum absolute atomic E-state index is 0.0125. The zero-order valence-corrected chi connectivity index (χ0v) is 10.4. The number of aliphatic hydroxyl groups excluding tert-OH is 1. The second-order valence-corrected chi connectivity index (χ2v) is 4.23. The Balaban J connectivity index is 2.37. The van der Waals surface area contributed by atoms with Gasteiger partial charge in [-0.05, 0) is 12.1 Å². The van der Waals surface area contributed by atoms with Gasteiger partial charge in [-0.2, -0.15) is 0 Å². The lowest BCUT2D eigenvalue weighted by molar-refractivity contribution is 0.272. The molecule has 0 saturated heterocycles. The average Bonchev–Trinajstić information content (AvgIpc) is 2.71. The highest BCUT2D eigenvalue weighted by molar-refractivity contribution is 7.07. The molecule has 90 valence electrons. The van der Waals surface area contributed by atoms with E-state index in [0.717, 1.165) is 10.5 Å². The van der Waals surface area contributed by atoms with Gasteiger partial charge in [0.25, 0.3) is 0 Å². The number of pyridine rings is 1. The highest BCUT2D eigenvalue weighted by Crippen LogP contribution is 2.13. The van der Waals surface area contributed by atoms with Crippen molar-refractivity contribution in [1.29, 1.82) is 0 Å². The molecular weight excluding hydrogens is 238 g/mol. The summed E-state index contributed by atoms with van der Waals surface area (Å²) in [5.41, 5.74) is 0.835. The number of nitrogens with zero attached hydrogens (tertiary/aromatic N) is 3. The maximum atomic E-state index is 9.08. The Bertz CT molecular complexity index is 557. The van der Waals surface area contributed by atoms with Crippen molar-refractivity contribution in [3.05, 3.63) is 34.2 Å². The topological polar surface area (TPSA) is 59.6 Å². The van der Waals surface area contributed by atoms with Crippen molar-refractivity contribution in [1.82, 2.24) is 9.55 Å². The summed E-state index contributed by atoms with van der Waals surface area (Å²) in [5, 5.41) is 11.0. The molecular formula is C11H13N3O2S. The lowest BCUT2D eigenvalue weighted by atomic mass is 10.4. The predicted octanol–water partition coefficient (Wildman–Crippen LogP) is 1.21. The Kier molecular flexibility index (Phi) is 3.55. The molecule has 0 bridgehead atoms. The number of rotatable bonds is 3. The molecule has 0 aliphatic rings. The van der Waals surface area contributed by atoms with Crippen LogP contribution in [0.4, 0.5) is 5.82 Å². The van der Waals surface area contributed by atoms with Gasteiger partial charge in [-0.15, -0.1) is 11.3 Å². The van der Waals surface area contributed by atoms with Crippen LogP contribution in [0, 0.1) is 0 Å². The number of aromatic nitrogens is 2. The minimum atomic E-state index is 0.0125. The molecule has 17 heavy (non-hydrogen) atoms. The first-order valence-corrected chi connectivity index (χ1v) is 5.91. The highest BCUT2D eigenvalue weighted by Gasteiger charge is 2.00. The number of aliphatic hydroxyl groups is 1. The number of thiazole rings is 1. The van der Waals surface area contributed by atoms with Crippen LogP contribution >= 0.6 is 11.3 Å². The maximum absolute atomic E-state index is 9.08. The quantitative estimate of drug-likeness (QED) is 0.892. The molecule has 0 aliphatic heterocycles. The van der Waals surface area contributed by atoms with E-state index in [9.17, 15) is 0 Å². The third kappa shape index (κ3) is 2.54. The number of ether oxygens (including phenoxy) is 1. The van der Waals surface area contributed by atoms with Crippen molar-refractivity contribution < 1.29 is 9.84 Å². The molecule has 2 heterocycles. The molecule has 0 unspecified atom stereocenters. The molecule has 0 spiro atoms. The van der Waals surface area contributed by atoms with Gasteiger partial charge in [-0.1, -0.05) is 0 Å². The summed E-state index contributed by atoms with van der Waals surface area (Å²) in [7, 11) is 3.46. The molecule has 0 radical (unpaired) electrons. The van der Waals surface area contributed by atoms with E-state index in [1.807, 2.05) is 23.1 Å². The van der Waals surface area contributed by atoms with E-state index >= 15 is 0 Å². The third-order valence-corrected chi connectivity index (χ3v) is 3.31. The highest BCUT2D eigenvalue weighted by atomic mass is 32.1. The van der Waals surface area contributed by atoms with E-state index in [-0.39, 0.29) is 6.61 Å². The summed E-state index contributed by atoms with van der Waals surface area (Å²) < 4.78 is 6.87. The standard InChI is InChI=1S/C11H13N3O2S/c1-14-8(6-15)7-17-11(14)13-10-4-3-9(16-2)5-12-10/h3-5,7,15H,6H2,1-2H3. The van der Waals surface area contributed by atoms with Crippen LogP contribution in [0.25, 0.3) is 0 Å². The van der Waals surface area contributed by atoms with Crippen LogP contribution in [-0.4, -0.2) is 21.8 Å². The Morgan fingerprint density at radius 3 is 2.88 bits per heavy atom. The number of hydrogen-bond acceptors (Lipinski definition) is 5. The van der Waals surface area contributed by atoms with Crippen molar-refractivity contribution in [2.24, 2.45) is 12.0 Å². The summed E-state index contributed by atoms with van der Waals surface area (Å²) >= 11 is 1.47. The Morgan fingerprint density at radius 1 is 1.53 bits per heavy atom. The zero-order valence-electron chi connectivity index (χ0n) is 9.62. The van der Waals surface area contributed by atoms with Gasteiger partial charge in [0.05, 0.1) is 25.6 Å². The molecule has 2 rings (SSSR count). The summed E-state index contributed by atoms with van der Waals surface area (Å²) in [6, 6.07) is 3.60. The van der Waals surface area contributed by atoms with Gasteiger partial charge in [-0.25, -0.2) is 9.98 Å². The Labute approximate surface area is 103 Å². The molecule has 0 saturated carbocycles. The molecule has 0 aliphatic carbocycles. The van der Waals surface area contributed by atoms with E-state index in [0.29, 0.717) is 11.6 Å².